The summed E-state index contributed by atoms with van der Waals surface area (Å²) in [5.41, 5.74) is 0. The highest BCUT2D eigenvalue weighted by atomic mass is 14.9. The van der Waals surface area contributed by atoms with Crippen LogP contribution in [0.4, 0.5) is 0 Å². The van der Waals surface area contributed by atoms with Crippen LogP contribution in [0.15, 0.2) is 0 Å². The predicted molar refractivity (Wildman–Crippen MR) is 63.6 cm³/mol. The van der Waals surface area contributed by atoms with Gasteiger partial charge in [0.05, 0.1) is 0 Å². The Morgan fingerprint density at radius 3 is 2.50 bits per heavy atom. The molecule has 1 nitrogen and oxygen atoms in total. The van der Waals surface area contributed by atoms with Crippen molar-refractivity contribution >= 4 is 0 Å². The van der Waals surface area contributed by atoms with Crippen molar-refractivity contribution in [3.8, 4) is 0 Å². The maximum atomic E-state index is 3.70. The number of rotatable bonds is 9. The van der Waals surface area contributed by atoms with E-state index < -0.39 is 0 Å². The topological polar surface area (TPSA) is 12.0 Å². The van der Waals surface area contributed by atoms with Crippen LogP contribution in [0.3, 0.4) is 0 Å². The lowest BCUT2D eigenvalue weighted by Gasteiger charge is -2.16. The van der Waals surface area contributed by atoms with Gasteiger partial charge in [-0.2, -0.15) is 0 Å². The molecule has 0 saturated heterocycles. The summed E-state index contributed by atoms with van der Waals surface area (Å²) in [5, 5.41) is 3.70. The van der Waals surface area contributed by atoms with Crippen LogP contribution in [0.5, 0.6) is 0 Å². The molecular weight excluding hydrogens is 170 g/mol. The van der Waals surface area contributed by atoms with E-state index in [-0.39, 0.29) is 0 Å². The van der Waals surface area contributed by atoms with Crippen molar-refractivity contribution < 1.29 is 0 Å². The highest BCUT2D eigenvalue weighted by Gasteiger charge is 2.24. The zero-order valence-electron chi connectivity index (χ0n) is 10.0. The molecule has 0 radical (unpaired) electrons. The van der Waals surface area contributed by atoms with Crippen LogP contribution < -0.4 is 5.32 Å². The SMILES string of the molecule is CCCCCCNC(CC)CC1CC1. The van der Waals surface area contributed by atoms with E-state index in [1.807, 2.05) is 0 Å². The number of hydrogen-bond donors (Lipinski definition) is 1. The largest absolute Gasteiger partial charge is 0.314 e. The maximum absolute atomic E-state index is 3.70. The lowest BCUT2D eigenvalue weighted by atomic mass is 10.1. The zero-order chi connectivity index (χ0) is 10.2. The molecular formula is C13H27N. The third kappa shape index (κ3) is 5.64. The van der Waals surface area contributed by atoms with E-state index in [1.165, 1.54) is 57.9 Å². The quantitative estimate of drug-likeness (QED) is 0.555. The summed E-state index contributed by atoms with van der Waals surface area (Å²) in [7, 11) is 0. The van der Waals surface area contributed by atoms with Crippen LogP contribution in [0.2, 0.25) is 0 Å². The Morgan fingerprint density at radius 1 is 1.14 bits per heavy atom. The number of nitrogens with one attached hydrogen (secondary N) is 1. The van der Waals surface area contributed by atoms with Gasteiger partial charge in [0, 0.05) is 6.04 Å². The lowest BCUT2D eigenvalue weighted by Crippen LogP contribution is -2.29. The molecule has 0 heterocycles. The van der Waals surface area contributed by atoms with Crippen molar-refractivity contribution in [3.05, 3.63) is 0 Å². The summed E-state index contributed by atoms with van der Waals surface area (Å²) in [6, 6.07) is 0.809. The molecule has 1 heteroatoms. The minimum atomic E-state index is 0.809. The van der Waals surface area contributed by atoms with Crippen molar-refractivity contribution in [3.63, 3.8) is 0 Å². The molecule has 1 fully saturated rings. The highest BCUT2D eigenvalue weighted by molar-refractivity contribution is 4.79. The minimum Gasteiger partial charge on any atom is -0.314 e. The summed E-state index contributed by atoms with van der Waals surface area (Å²) in [5.74, 6) is 1.07. The van der Waals surface area contributed by atoms with Gasteiger partial charge in [-0.3, -0.25) is 0 Å². The van der Waals surface area contributed by atoms with Crippen LogP contribution in [-0.4, -0.2) is 12.6 Å². The van der Waals surface area contributed by atoms with Crippen molar-refractivity contribution in [2.24, 2.45) is 5.92 Å². The van der Waals surface area contributed by atoms with E-state index in [9.17, 15) is 0 Å². The van der Waals surface area contributed by atoms with Gasteiger partial charge in [0.25, 0.3) is 0 Å². The van der Waals surface area contributed by atoms with Crippen LogP contribution in [0.25, 0.3) is 0 Å². The fourth-order valence-electron chi connectivity index (χ4n) is 2.01. The van der Waals surface area contributed by atoms with E-state index in [4.69, 9.17) is 0 Å². The first-order valence-corrected chi connectivity index (χ1v) is 6.60. The standard InChI is InChI=1S/C13H27N/c1-3-5-6-7-10-14-13(4-2)11-12-8-9-12/h12-14H,3-11H2,1-2H3. The molecule has 1 atom stereocenters. The fraction of sp³-hybridized carbons (Fsp3) is 1.00. The van der Waals surface area contributed by atoms with Crippen molar-refractivity contribution in [2.75, 3.05) is 6.54 Å². The Labute approximate surface area is 89.7 Å². The molecule has 0 amide bonds. The fourth-order valence-corrected chi connectivity index (χ4v) is 2.01. The predicted octanol–water partition coefficient (Wildman–Crippen LogP) is 3.74. The summed E-state index contributed by atoms with van der Waals surface area (Å²) >= 11 is 0. The molecule has 0 aromatic rings. The van der Waals surface area contributed by atoms with Crippen LogP contribution in [-0.2, 0) is 0 Å². The van der Waals surface area contributed by atoms with E-state index in [2.05, 4.69) is 19.2 Å². The molecule has 0 aromatic carbocycles. The molecule has 0 aliphatic heterocycles. The first-order chi connectivity index (χ1) is 6.86. The molecule has 1 unspecified atom stereocenters. The molecule has 1 rings (SSSR count). The Kier molecular flexibility index (Phi) is 6.25. The van der Waals surface area contributed by atoms with Gasteiger partial charge >= 0.3 is 0 Å². The van der Waals surface area contributed by atoms with Crippen molar-refractivity contribution in [2.45, 2.75) is 71.3 Å². The number of unbranched alkanes of at least 4 members (excludes halogenated alkanes) is 3. The van der Waals surface area contributed by atoms with E-state index >= 15 is 0 Å². The molecule has 84 valence electrons. The van der Waals surface area contributed by atoms with Gasteiger partial charge in [-0.1, -0.05) is 46.0 Å². The highest BCUT2D eigenvalue weighted by Crippen LogP contribution is 2.33. The summed E-state index contributed by atoms with van der Waals surface area (Å²) in [4.78, 5) is 0. The molecule has 0 bridgehead atoms. The summed E-state index contributed by atoms with van der Waals surface area (Å²) in [6.45, 7) is 5.83. The molecule has 0 spiro atoms. The second kappa shape index (κ2) is 7.28. The maximum Gasteiger partial charge on any atom is 0.00670 e. The van der Waals surface area contributed by atoms with Crippen LogP contribution in [0, 0.1) is 5.92 Å². The van der Waals surface area contributed by atoms with E-state index in [0.717, 1.165) is 12.0 Å². The van der Waals surface area contributed by atoms with Gasteiger partial charge in [0.15, 0.2) is 0 Å². The summed E-state index contributed by atoms with van der Waals surface area (Å²) < 4.78 is 0. The lowest BCUT2D eigenvalue weighted by molar-refractivity contribution is 0.437. The smallest absolute Gasteiger partial charge is 0.00670 e. The zero-order valence-corrected chi connectivity index (χ0v) is 10.0. The first kappa shape index (κ1) is 12.0. The van der Waals surface area contributed by atoms with Gasteiger partial charge in [0.1, 0.15) is 0 Å². The van der Waals surface area contributed by atoms with Crippen LogP contribution >= 0.6 is 0 Å². The second-order valence-electron chi connectivity index (χ2n) is 4.80. The van der Waals surface area contributed by atoms with Gasteiger partial charge in [0.2, 0.25) is 0 Å². The minimum absolute atomic E-state index is 0.809. The van der Waals surface area contributed by atoms with Gasteiger partial charge < -0.3 is 5.32 Å². The Hall–Kier alpha value is -0.0400. The Balaban J connectivity index is 1.90. The van der Waals surface area contributed by atoms with Crippen molar-refractivity contribution in [1.82, 2.24) is 5.32 Å². The first-order valence-electron chi connectivity index (χ1n) is 6.60. The Bertz CT molecular complexity index is 129. The van der Waals surface area contributed by atoms with Gasteiger partial charge in [-0.25, -0.2) is 0 Å². The molecule has 1 aliphatic rings. The van der Waals surface area contributed by atoms with Crippen molar-refractivity contribution in [1.29, 1.82) is 0 Å². The van der Waals surface area contributed by atoms with E-state index in [1.54, 1.807) is 0 Å². The monoisotopic (exact) mass is 197 g/mol. The van der Waals surface area contributed by atoms with Gasteiger partial charge in [-0.15, -0.1) is 0 Å². The number of hydrogen-bond acceptors (Lipinski definition) is 1. The summed E-state index contributed by atoms with van der Waals surface area (Å²) in [6.07, 6.45) is 11.3. The Morgan fingerprint density at radius 2 is 1.93 bits per heavy atom. The normalized spacial score (nSPS) is 18.4. The third-order valence-electron chi connectivity index (χ3n) is 3.27. The molecule has 1 N–H and O–H groups in total. The molecule has 0 aromatic heterocycles. The molecule has 1 aliphatic carbocycles. The van der Waals surface area contributed by atoms with E-state index in [0.29, 0.717) is 0 Å². The van der Waals surface area contributed by atoms with Gasteiger partial charge in [-0.05, 0) is 31.7 Å². The molecule has 1 saturated carbocycles. The third-order valence-corrected chi connectivity index (χ3v) is 3.27. The average molecular weight is 197 g/mol. The van der Waals surface area contributed by atoms with Crippen LogP contribution in [0.1, 0.15) is 65.2 Å². The molecule has 14 heavy (non-hydrogen) atoms. The second-order valence-corrected chi connectivity index (χ2v) is 4.80. The average Bonchev–Trinajstić information content (AvgIpc) is 2.99.